The molecular weight excluding hydrogens is 406 g/mol. The van der Waals surface area contributed by atoms with Crippen LogP contribution in [-0.4, -0.2) is 23.7 Å². The molecule has 1 aliphatic heterocycles. The molecule has 5 nitrogen and oxygen atoms in total. The summed E-state index contributed by atoms with van der Waals surface area (Å²) in [7, 11) is 1.59. The highest BCUT2D eigenvalue weighted by Gasteiger charge is 2.40. The van der Waals surface area contributed by atoms with Gasteiger partial charge < -0.3 is 4.74 Å². The smallest absolute Gasteiger partial charge is 0.251 e. The van der Waals surface area contributed by atoms with E-state index in [-0.39, 0.29) is 17.7 Å². The van der Waals surface area contributed by atoms with Gasteiger partial charge in [0.25, 0.3) is 5.91 Å². The molecule has 5 rings (SSSR count). The lowest BCUT2D eigenvalue weighted by molar-refractivity contribution is -0.123. The molecule has 0 radical (unpaired) electrons. The van der Waals surface area contributed by atoms with Gasteiger partial charge in [-0.15, -0.1) is 11.3 Å². The number of halogens is 1. The van der Waals surface area contributed by atoms with Crippen LogP contribution in [-0.2, 0) is 4.79 Å². The summed E-state index contributed by atoms with van der Waals surface area (Å²) in [6.45, 7) is 0. The second-order valence-electron chi connectivity index (χ2n) is 7.14. The Hall–Kier alpha value is -2.70. The van der Waals surface area contributed by atoms with Gasteiger partial charge in [-0.05, 0) is 54.8 Å². The van der Waals surface area contributed by atoms with Crippen LogP contribution < -0.4 is 9.75 Å². The second kappa shape index (κ2) is 7.28. The van der Waals surface area contributed by atoms with Gasteiger partial charge in [0.2, 0.25) is 0 Å². The lowest BCUT2D eigenvalue weighted by Gasteiger charge is -2.37. The van der Waals surface area contributed by atoms with E-state index < -0.39 is 0 Å². The Morgan fingerprint density at radius 2 is 1.97 bits per heavy atom. The fraction of sp³-hybridized carbons (Fsp3) is 0.227. The normalized spacial score (nSPS) is 21.2. The highest BCUT2D eigenvalue weighted by molar-refractivity contribution is 7.16. The number of hydrazone groups is 1. The molecule has 146 valence electrons. The number of carbonyl (C=O) groups is 1. The molecule has 0 bridgehead atoms. The molecule has 2 aromatic carbocycles. The predicted molar refractivity (Wildman–Crippen MR) is 117 cm³/mol. The van der Waals surface area contributed by atoms with Crippen molar-refractivity contribution in [2.24, 2.45) is 16.9 Å². The van der Waals surface area contributed by atoms with Crippen molar-refractivity contribution < 1.29 is 9.53 Å². The van der Waals surface area contributed by atoms with Gasteiger partial charge in [0.15, 0.2) is 0 Å². The summed E-state index contributed by atoms with van der Waals surface area (Å²) >= 11 is 7.93. The first-order valence-electron chi connectivity index (χ1n) is 9.40. The van der Waals surface area contributed by atoms with Crippen LogP contribution in [0.25, 0.3) is 10.2 Å². The summed E-state index contributed by atoms with van der Waals surface area (Å²) in [5.74, 6) is 0.563. The summed E-state index contributed by atoms with van der Waals surface area (Å²) in [6, 6.07) is 11.5. The number of allylic oxidation sites excluding steroid dienone is 2. The van der Waals surface area contributed by atoms with Gasteiger partial charge in [-0.25, -0.2) is 9.99 Å². The maximum Gasteiger partial charge on any atom is 0.251 e. The minimum Gasteiger partial charge on any atom is -0.495 e. The lowest BCUT2D eigenvalue weighted by atomic mass is 9.76. The average molecular weight is 424 g/mol. The van der Waals surface area contributed by atoms with Crippen LogP contribution in [0.3, 0.4) is 0 Å². The van der Waals surface area contributed by atoms with E-state index in [4.69, 9.17) is 21.4 Å². The first-order chi connectivity index (χ1) is 14.2. The van der Waals surface area contributed by atoms with E-state index >= 15 is 0 Å². The van der Waals surface area contributed by atoms with E-state index in [0.717, 1.165) is 33.6 Å². The number of fused-ring (bicyclic) bond motifs is 2. The zero-order valence-electron chi connectivity index (χ0n) is 15.7. The molecule has 3 aromatic rings. The molecule has 0 fully saturated rings. The van der Waals surface area contributed by atoms with Crippen LogP contribution in [0, 0.1) is 11.8 Å². The Balaban J connectivity index is 1.63. The topological polar surface area (TPSA) is 54.8 Å². The number of nitrogens with zero attached hydrogens (tertiary/aromatic N) is 3. The summed E-state index contributed by atoms with van der Waals surface area (Å²) < 4.78 is 6.31. The number of hydrogen-bond donors (Lipinski definition) is 0. The summed E-state index contributed by atoms with van der Waals surface area (Å²) in [5, 5.41) is 6.91. The van der Waals surface area contributed by atoms with Crippen LogP contribution in [0.15, 0.2) is 59.2 Å². The first kappa shape index (κ1) is 18.3. The zero-order chi connectivity index (χ0) is 20.0. The third-order valence-electron chi connectivity index (χ3n) is 5.52. The number of hydrogen-bond acceptors (Lipinski definition) is 5. The van der Waals surface area contributed by atoms with Crippen molar-refractivity contribution in [1.29, 1.82) is 0 Å². The number of methoxy groups -OCH3 is 1. The standard InChI is InChI=1S/C22H18ClN3O2S/c1-28-19-9-6-13(10-17(19)23)21-15-4-2-3-5-16(15)22(27)26(25-21)14-7-8-18-20(11-14)29-12-24-18/h2-3,6-12,15-16H,4-5H2,1H3. The Morgan fingerprint density at radius 3 is 2.76 bits per heavy atom. The number of anilines is 1. The van der Waals surface area contributed by atoms with Gasteiger partial charge in [-0.2, -0.15) is 5.10 Å². The molecule has 0 saturated heterocycles. The summed E-state index contributed by atoms with van der Waals surface area (Å²) in [6.07, 6.45) is 5.73. The largest absolute Gasteiger partial charge is 0.495 e. The fourth-order valence-electron chi connectivity index (χ4n) is 4.04. The van der Waals surface area contributed by atoms with Crippen LogP contribution >= 0.6 is 22.9 Å². The maximum atomic E-state index is 13.3. The number of thiazole rings is 1. The van der Waals surface area contributed by atoms with E-state index in [1.165, 1.54) is 0 Å². The number of aromatic nitrogens is 1. The SMILES string of the molecule is COc1ccc(C2=NN(c3ccc4ncsc4c3)C(=O)C3CC=CCC23)cc1Cl. The van der Waals surface area contributed by atoms with Crippen LogP contribution in [0.1, 0.15) is 18.4 Å². The highest BCUT2D eigenvalue weighted by Crippen LogP contribution is 2.38. The Kier molecular flexibility index (Phi) is 4.60. The molecule has 0 N–H and O–H groups in total. The molecule has 2 heterocycles. The maximum absolute atomic E-state index is 13.3. The van der Waals surface area contributed by atoms with Gasteiger partial charge >= 0.3 is 0 Å². The number of ether oxygens (including phenoxy) is 1. The quantitative estimate of drug-likeness (QED) is 0.537. The number of rotatable bonds is 3. The molecule has 2 atom stereocenters. The molecule has 1 amide bonds. The number of carbonyl (C=O) groups excluding carboxylic acids is 1. The minimum absolute atomic E-state index is 0.0339. The molecule has 29 heavy (non-hydrogen) atoms. The molecular formula is C22H18ClN3O2S. The van der Waals surface area contributed by atoms with Crippen molar-refractivity contribution in [1.82, 2.24) is 4.98 Å². The summed E-state index contributed by atoms with van der Waals surface area (Å²) in [5.41, 5.74) is 5.29. The molecule has 2 aliphatic rings. The fourth-order valence-corrected chi connectivity index (χ4v) is 5.00. The number of benzene rings is 2. The Bertz CT molecular complexity index is 1170. The Morgan fingerprint density at radius 1 is 1.14 bits per heavy atom. The zero-order valence-corrected chi connectivity index (χ0v) is 17.3. The lowest BCUT2D eigenvalue weighted by Crippen LogP contribution is -2.45. The Labute approximate surface area is 177 Å². The van der Waals surface area contributed by atoms with Crippen molar-refractivity contribution in [3.05, 3.63) is 64.6 Å². The second-order valence-corrected chi connectivity index (χ2v) is 8.44. The van der Waals surface area contributed by atoms with E-state index in [0.29, 0.717) is 17.2 Å². The van der Waals surface area contributed by atoms with Crippen LogP contribution in [0.2, 0.25) is 5.02 Å². The third kappa shape index (κ3) is 3.12. The van der Waals surface area contributed by atoms with Gasteiger partial charge in [-0.1, -0.05) is 23.8 Å². The molecule has 1 aliphatic carbocycles. The van der Waals surface area contributed by atoms with E-state index in [1.54, 1.807) is 23.5 Å². The summed E-state index contributed by atoms with van der Waals surface area (Å²) in [4.78, 5) is 17.6. The van der Waals surface area contributed by atoms with Gasteiger partial charge in [-0.3, -0.25) is 4.79 Å². The van der Waals surface area contributed by atoms with Crippen molar-refractivity contribution in [3.63, 3.8) is 0 Å². The van der Waals surface area contributed by atoms with Crippen molar-refractivity contribution in [3.8, 4) is 5.75 Å². The van der Waals surface area contributed by atoms with Gasteiger partial charge in [0.05, 0.1) is 45.2 Å². The van der Waals surface area contributed by atoms with Crippen molar-refractivity contribution in [2.75, 3.05) is 12.1 Å². The molecule has 2 unspecified atom stereocenters. The average Bonchev–Trinajstić information content (AvgIpc) is 3.22. The van der Waals surface area contributed by atoms with Gasteiger partial charge in [0.1, 0.15) is 5.75 Å². The van der Waals surface area contributed by atoms with E-state index in [9.17, 15) is 4.79 Å². The molecule has 7 heteroatoms. The van der Waals surface area contributed by atoms with Crippen molar-refractivity contribution >= 4 is 50.5 Å². The minimum atomic E-state index is -0.134. The molecule has 0 spiro atoms. The van der Waals surface area contributed by atoms with E-state index in [2.05, 4.69) is 17.1 Å². The van der Waals surface area contributed by atoms with E-state index in [1.807, 2.05) is 41.9 Å². The van der Waals surface area contributed by atoms with Crippen LogP contribution in [0.5, 0.6) is 5.75 Å². The molecule has 1 aromatic heterocycles. The van der Waals surface area contributed by atoms with Gasteiger partial charge in [0, 0.05) is 5.92 Å². The highest BCUT2D eigenvalue weighted by atomic mass is 35.5. The molecule has 0 saturated carbocycles. The predicted octanol–water partition coefficient (Wildman–Crippen LogP) is 5.29. The van der Waals surface area contributed by atoms with Crippen molar-refractivity contribution in [2.45, 2.75) is 12.8 Å². The monoisotopic (exact) mass is 423 g/mol. The number of amides is 1. The third-order valence-corrected chi connectivity index (χ3v) is 6.61. The first-order valence-corrected chi connectivity index (χ1v) is 10.7. The van der Waals surface area contributed by atoms with Crippen LogP contribution in [0.4, 0.5) is 5.69 Å².